The largest absolute Gasteiger partial charge is 0.464 e. The summed E-state index contributed by atoms with van der Waals surface area (Å²) < 4.78 is 4.48. The van der Waals surface area contributed by atoms with Crippen molar-refractivity contribution in [2.75, 3.05) is 7.11 Å². The molecule has 0 atom stereocenters. The van der Waals surface area contributed by atoms with Crippen LogP contribution in [0.4, 0.5) is 0 Å². The Morgan fingerprint density at radius 3 is 3.21 bits per heavy atom. The molecule has 0 aromatic carbocycles. The first kappa shape index (κ1) is 10.2. The lowest BCUT2D eigenvalue weighted by Gasteiger charge is -1.89. The van der Waals surface area contributed by atoms with Gasteiger partial charge in [0.1, 0.15) is 0 Å². The molecule has 5 heteroatoms. The van der Waals surface area contributed by atoms with Crippen LogP contribution in [0.2, 0.25) is 0 Å². The monoisotopic (exact) mass is 206 g/mol. The van der Waals surface area contributed by atoms with Gasteiger partial charge in [0.25, 0.3) is 0 Å². The van der Waals surface area contributed by atoms with Crippen LogP contribution >= 0.6 is 11.3 Å². The Balaban J connectivity index is 2.76. The lowest BCUT2D eigenvalue weighted by Crippen LogP contribution is -2.00. The molecule has 0 aliphatic carbocycles. The Morgan fingerprint density at radius 2 is 2.57 bits per heavy atom. The number of carbonyl (C=O) groups excluding carboxylic acids is 1. The number of nitriles is 1. The van der Waals surface area contributed by atoms with Gasteiger partial charge in [-0.3, -0.25) is 0 Å². The number of carbonyl (C=O) groups is 1. The second kappa shape index (κ2) is 5.00. The first-order valence-electron chi connectivity index (χ1n) is 3.67. The number of ether oxygens (including phenoxy) is 1. The van der Waals surface area contributed by atoms with Crippen LogP contribution in [0.25, 0.3) is 0 Å². The SMILES string of the molecule is COC(=O)c1csc(C#CCC#N)n1. The van der Waals surface area contributed by atoms with E-state index in [9.17, 15) is 4.79 Å². The molecule has 0 aliphatic heterocycles. The third-order valence-electron chi connectivity index (χ3n) is 1.26. The van der Waals surface area contributed by atoms with Crippen molar-refractivity contribution in [3.63, 3.8) is 0 Å². The molecule has 1 rings (SSSR count). The summed E-state index contributed by atoms with van der Waals surface area (Å²) in [7, 11) is 1.29. The third kappa shape index (κ3) is 2.58. The van der Waals surface area contributed by atoms with Crippen LogP contribution in [0.1, 0.15) is 21.9 Å². The minimum Gasteiger partial charge on any atom is -0.464 e. The molecule has 1 heterocycles. The molecule has 1 aromatic heterocycles. The summed E-state index contributed by atoms with van der Waals surface area (Å²) in [5.74, 6) is 4.80. The summed E-state index contributed by atoms with van der Waals surface area (Å²) in [6.07, 6.45) is 0.160. The molecule has 14 heavy (non-hydrogen) atoms. The zero-order valence-electron chi connectivity index (χ0n) is 7.40. The predicted molar refractivity (Wildman–Crippen MR) is 50.6 cm³/mol. The number of thiazole rings is 1. The average Bonchev–Trinajstić information content (AvgIpc) is 2.66. The molecule has 0 bridgehead atoms. The second-order valence-corrected chi connectivity index (χ2v) is 3.02. The highest BCUT2D eigenvalue weighted by atomic mass is 32.1. The van der Waals surface area contributed by atoms with Gasteiger partial charge in [-0.15, -0.1) is 11.3 Å². The van der Waals surface area contributed by atoms with Crippen molar-refractivity contribution in [2.24, 2.45) is 0 Å². The number of rotatable bonds is 1. The maximum atomic E-state index is 11.0. The molecule has 0 saturated heterocycles. The van der Waals surface area contributed by atoms with Gasteiger partial charge in [-0.05, 0) is 5.92 Å². The minimum absolute atomic E-state index is 0.160. The van der Waals surface area contributed by atoms with Crippen LogP contribution in [0.15, 0.2) is 5.38 Å². The summed E-state index contributed by atoms with van der Waals surface area (Å²) in [5.41, 5.74) is 0.249. The maximum absolute atomic E-state index is 11.0. The van der Waals surface area contributed by atoms with Crippen molar-refractivity contribution in [3.05, 3.63) is 16.1 Å². The lowest BCUT2D eigenvalue weighted by atomic mass is 10.4. The van der Waals surface area contributed by atoms with E-state index in [1.54, 1.807) is 5.38 Å². The molecular formula is C9H6N2O2S. The Hall–Kier alpha value is -1.85. The van der Waals surface area contributed by atoms with E-state index in [0.29, 0.717) is 5.01 Å². The van der Waals surface area contributed by atoms with E-state index in [-0.39, 0.29) is 12.1 Å². The van der Waals surface area contributed by atoms with Crippen molar-refractivity contribution in [1.29, 1.82) is 5.26 Å². The van der Waals surface area contributed by atoms with Gasteiger partial charge in [0.05, 0.1) is 19.6 Å². The van der Waals surface area contributed by atoms with E-state index in [1.807, 2.05) is 6.07 Å². The van der Waals surface area contributed by atoms with Gasteiger partial charge in [0, 0.05) is 5.38 Å². The van der Waals surface area contributed by atoms with E-state index >= 15 is 0 Å². The number of nitrogens with zero attached hydrogens (tertiary/aromatic N) is 2. The zero-order valence-corrected chi connectivity index (χ0v) is 8.22. The normalized spacial score (nSPS) is 8.29. The summed E-state index contributed by atoms with van der Waals surface area (Å²) in [6.45, 7) is 0. The van der Waals surface area contributed by atoms with Crippen LogP contribution in [-0.2, 0) is 4.74 Å². The highest BCUT2D eigenvalue weighted by Gasteiger charge is 2.08. The molecule has 0 aliphatic rings. The molecule has 4 nitrogen and oxygen atoms in total. The fourth-order valence-electron chi connectivity index (χ4n) is 0.689. The van der Waals surface area contributed by atoms with Crippen LogP contribution in [-0.4, -0.2) is 18.1 Å². The molecule has 0 unspecified atom stereocenters. The smallest absolute Gasteiger partial charge is 0.357 e. The van der Waals surface area contributed by atoms with Gasteiger partial charge in [0.2, 0.25) is 0 Å². The standard InChI is InChI=1S/C9H6N2O2S/c1-13-9(12)7-6-14-8(11-7)4-2-3-5-10/h6H,3H2,1H3. The average molecular weight is 206 g/mol. The molecular weight excluding hydrogens is 200 g/mol. The second-order valence-electron chi connectivity index (χ2n) is 2.17. The Kier molecular flexibility index (Phi) is 3.66. The number of esters is 1. The number of aromatic nitrogens is 1. The van der Waals surface area contributed by atoms with Crippen molar-refractivity contribution >= 4 is 17.3 Å². The predicted octanol–water partition coefficient (Wildman–Crippen LogP) is 1.19. The van der Waals surface area contributed by atoms with Gasteiger partial charge >= 0.3 is 5.97 Å². The zero-order chi connectivity index (χ0) is 10.4. The van der Waals surface area contributed by atoms with Crippen molar-refractivity contribution < 1.29 is 9.53 Å². The summed E-state index contributed by atoms with van der Waals surface area (Å²) in [4.78, 5) is 14.9. The van der Waals surface area contributed by atoms with E-state index < -0.39 is 5.97 Å². The van der Waals surface area contributed by atoms with Crippen molar-refractivity contribution in [2.45, 2.75) is 6.42 Å². The molecule has 0 N–H and O–H groups in total. The molecule has 0 saturated carbocycles. The fraction of sp³-hybridized carbons (Fsp3) is 0.222. The molecule has 1 aromatic rings. The molecule has 0 fully saturated rings. The molecule has 0 spiro atoms. The maximum Gasteiger partial charge on any atom is 0.357 e. The van der Waals surface area contributed by atoms with Crippen LogP contribution in [0, 0.1) is 23.2 Å². The van der Waals surface area contributed by atoms with E-state index in [4.69, 9.17) is 5.26 Å². The summed E-state index contributed by atoms with van der Waals surface area (Å²) in [6, 6.07) is 1.89. The highest BCUT2D eigenvalue weighted by molar-refractivity contribution is 7.10. The number of hydrogen-bond donors (Lipinski definition) is 0. The van der Waals surface area contributed by atoms with E-state index in [1.165, 1.54) is 18.4 Å². The number of methoxy groups -OCH3 is 1. The fourth-order valence-corrected chi connectivity index (χ4v) is 1.34. The van der Waals surface area contributed by atoms with E-state index in [0.717, 1.165) is 0 Å². The third-order valence-corrected chi connectivity index (χ3v) is 2.02. The topological polar surface area (TPSA) is 63.0 Å². The van der Waals surface area contributed by atoms with Crippen LogP contribution in [0.3, 0.4) is 0 Å². The Bertz CT molecular complexity index is 434. The Labute approximate surface area is 85.1 Å². The summed E-state index contributed by atoms with van der Waals surface area (Å²) >= 11 is 1.25. The van der Waals surface area contributed by atoms with Crippen LogP contribution in [0.5, 0.6) is 0 Å². The van der Waals surface area contributed by atoms with Gasteiger partial charge in [-0.2, -0.15) is 5.26 Å². The molecule has 70 valence electrons. The van der Waals surface area contributed by atoms with Gasteiger partial charge in [0.15, 0.2) is 10.7 Å². The van der Waals surface area contributed by atoms with Gasteiger partial charge in [-0.1, -0.05) is 5.92 Å². The quantitative estimate of drug-likeness (QED) is 0.511. The van der Waals surface area contributed by atoms with Crippen molar-refractivity contribution in [3.8, 4) is 17.9 Å². The highest BCUT2D eigenvalue weighted by Crippen LogP contribution is 2.08. The first-order chi connectivity index (χ1) is 6.77. The van der Waals surface area contributed by atoms with Crippen LogP contribution < -0.4 is 0 Å². The molecule has 0 amide bonds. The van der Waals surface area contributed by atoms with Gasteiger partial charge in [-0.25, -0.2) is 9.78 Å². The van der Waals surface area contributed by atoms with Gasteiger partial charge < -0.3 is 4.74 Å². The lowest BCUT2D eigenvalue weighted by molar-refractivity contribution is 0.0595. The first-order valence-corrected chi connectivity index (χ1v) is 4.55. The summed E-state index contributed by atoms with van der Waals surface area (Å²) in [5, 5.41) is 10.3. The minimum atomic E-state index is -0.477. The van der Waals surface area contributed by atoms with E-state index in [2.05, 4.69) is 21.6 Å². The number of hydrogen-bond acceptors (Lipinski definition) is 5. The van der Waals surface area contributed by atoms with Crippen molar-refractivity contribution in [1.82, 2.24) is 4.98 Å². The molecule has 0 radical (unpaired) electrons. The Morgan fingerprint density at radius 1 is 1.79 bits per heavy atom.